The van der Waals surface area contributed by atoms with E-state index in [2.05, 4.69) is 21.7 Å². The van der Waals surface area contributed by atoms with Gasteiger partial charge in [0.25, 0.3) is 5.91 Å². The summed E-state index contributed by atoms with van der Waals surface area (Å²) in [7, 11) is 0. The molecule has 1 aromatic heterocycles. The number of aromatic nitrogens is 1. The quantitative estimate of drug-likeness (QED) is 0.625. The Hall–Kier alpha value is -3.90. The third-order valence-corrected chi connectivity index (χ3v) is 6.45. The maximum absolute atomic E-state index is 12.9. The molecular formula is C23H18N4O4S. The van der Waals surface area contributed by atoms with E-state index in [1.807, 2.05) is 0 Å². The third kappa shape index (κ3) is 3.88. The van der Waals surface area contributed by atoms with Gasteiger partial charge in [-0.3, -0.25) is 14.9 Å². The summed E-state index contributed by atoms with van der Waals surface area (Å²) in [6.45, 7) is 0.144. The number of aryl methyl sites for hydroxylation is 1. The summed E-state index contributed by atoms with van der Waals surface area (Å²) < 4.78 is 10.6. The van der Waals surface area contributed by atoms with Crippen LogP contribution < -0.4 is 20.1 Å². The van der Waals surface area contributed by atoms with Crippen LogP contribution in [-0.4, -0.2) is 23.6 Å². The highest BCUT2D eigenvalue weighted by Gasteiger charge is 2.31. The van der Waals surface area contributed by atoms with Crippen molar-refractivity contribution in [2.75, 3.05) is 17.4 Å². The molecule has 8 nitrogen and oxygen atoms in total. The Bertz CT molecular complexity index is 1250. The Morgan fingerprint density at radius 2 is 1.91 bits per heavy atom. The molecule has 32 heavy (non-hydrogen) atoms. The van der Waals surface area contributed by atoms with Gasteiger partial charge in [0, 0.05) is 16.1 Å². The van der Waals surface area contributed by atoms with Gasteiger partial charge in [-0.1, -0.05) is 0 Å². The van der Waals surface area contributed by atoms with E-state index in [1.165, 1.54) is 11.3 Å². The minimum atomic E-state index is -0.387. The van der Waals surface area contributed by atoms with Gasteiger partial charge in [0.05, 0.1) is 23.2 Å². The Morgan fingerprint density at radius 3 is 2.72 bits per heavy atom. The molecule has 9 heteroatoms. The number of fused-ring (bicyclic) bond motifs is 2. The highest BCUT2D eigenvalue weighted by atomic mass is 32.1. The highest BCUT2D eigenvalue weighted by Crippen LogP contribution is 2.38. The number of benzene rings is 2. The van der Waals surface area contributed by atoms with Crippen LogP contribution >= 0.6 is 11.3 Å². The first-order valence-corrected chi connectivity index (χ1v) is 10.9. The summed E-state index contributed by atoms with van der Waals surface area (Å²) in [5.74, 6) is 0.322. The van der Waals surface area contributed by atoms with Crippen LogP contribution in [0.4, 0.5) is 10.8 Å². The average Bonchev–Trinajstić information content (AvgIpc) is 3.45. The fourth-order valence-corrected chi connectivity index (χ4v) is 4.85. The van der Waals surface area contributed by atoms with Gasteiger partial charge in [-0.25, -0.2) is 4.98 Å². The number of nitrogens with one attached hydrogen (secondary N) is 2. The molecule has 2 aliphatic rings. The van der Waals surface area contributed by atoms with Gasteiger partial charge in [0.15, 0.2) is 16.6 Å². The number of nitriles is 1. The van der Waals surface area contributed by atoms with Gasteiger partial charge in [-0.2, -0.15) is 5.26 Å². The summed E-state index contributed by atoms with van der Waals surface area (Å²) in [5.41, 5.74) is 2.32. The zero-order valence-corrected chi connectivity index (χ0v) is 17.7. The number of amides is 2. The average molecular weight is 446 g/mol. The first-order valence-electron chi connectivity index (χ1n) is 10.1. The van der Waals surface area contributed by atoms with E-state index in [0.29, 0.717) is 45.6 Å². The van der Waals surface area contributed by atoms with E-state index in [-0.39, 0.29) is 24.5 Å². The fourth-order valence-electron chi connectivity index (χ4n) is 3.79. The Morgan fingerprint density at radius 1 is 1.09 bits per heavy atom. The van der Waals surface area contributed by atoms with Gasteiger partial charge in [0.2, 0.25) is 12.7 Å². The summed E-state index contributed by atoms with van der Waals surface area (Å²) in [6, 6.07) is 13.8. The van der Waals surface area contributed by atoms with Crippen molar-refractivity contribution in [2.45, 2.75) is 25.2 Å². The van der Waals surface area contributed by atoms with E-state index < -0.39 is 0 Å². The van der Waals surface area contributed by atoms with Crippen molar-refractivity contribution in [1.29, 1.82) is 5.26 Å². The summed E-state index contributed by atoms with van der Waals surface area (Å²) in [4.78, 5) is 31.2. The summed E-state index contributed by atoms with van der Waals surface area (Å²) in [6.07, 6.45) is 2.39. The molecule has 0 bridgehead atoms. The van der Waals surface area contributed by atoms with Gasteiger partial charge >= 0.3 is 0 Å². The molecule has 0 spiro atoms. The second-order valence-corrected chi connectivity index (χ2v) is 8.56. The van der Waals surface area contributed by atoms with E-state index in [9.17, 15) is 9.59 Å². The van der Waals surface area contributed by atoms with Gasteiger partial charge in [-0.15, -0.1) is 11.3 Å². The predicted octanol–water partition coefficient (Wildman–Crippen LogP) is 4.05. The fraction of sp³-hybridized carbons (Fsp3) is 0.217. The first-order chi connectivity index (χ1) is 15.6. The van der Waals surface area contributed by atoms with Crippen LogP contribution in [0.5, 0.6) is 11.5 Å². The van der Waals surface area contributed by atoms with Crippen LogP contribution in [0.15, 0.2) is 42.5 Å². The predicted molar refractivity (Wildman–Crippen MR) is 118 cm³/mol. The van der Waals surface area contributed by atoms with Crippen molar-refractivity contribution in [2.24, 2.45) is 0 Å². The zero-order valence-electron chi connectivity index (χ0n) is 16.9. The topological polar surface area (TPSA) is 113 Å². The number of ether oxygens (including phenoxy) is 2. The van der Waals surface area contributed by atoms with Crippen molar-refractivity contribution in [3.8, 4) is 17.6 Å². The standard InChI is InChI=1S/C23H18N4O4S/c24-11-13-4-7-15(8-5-13)25-22(29)16-2-1-3-19-20(16)26-23(32-19)27-21(28)14-6-9-17-18(10-14)31-12-30-17/h4-10,16H,1-3,12H2,(H,25,29)(H,26,27,28). The number of anilines is 2. The molecule has 2 N–H and O–H groups in total. The molecule has 0 saturated heterocycles. The minimum absolute atomic E-state index is 0.144. The van der Waals surface area contributed by atoms with E-state index in [1.54, 1.807) is 42.5 Å². The number of hydrogen-bond acceptors (Lipinski definition) is 7. The molecule has 2 heterocycles. The number of carbonyl (C=O) groups excluding carboxylic acids is 2. The van der Waals surface area contributed by atoms with Crippen molar-refractivity contribution in [3.05, 3.63) is 64.2 Å². The molecule has 0 fully saturated rings. The molecule has 1 atom stereocenters. The number of hydrogen-bond donors (Lipinski definition) is 2. The molecule has 1 unspecified atom stereocenters. The normalized spacial score (nSPS) is 16.0. The maximum atomic E-state index is 12.9. The van der Waals surface area contributed by atoms with Crippen molar-refractivity contribution in [1.82, 2.24) is 4.98 Å². The van der Waals surface area contributed by atoms with Gasteiger partial charge in [0.1, 0.15) is 0 Å². The van der Waals surface area contributed by atoms with Crippen LogP contribution in [0.1, 0.15) is 45.3 Å². The lowest BCUT2D eigenvalue weighted by Crippen LogP contribution is -2.24. The molecule has 0 saturated carbocycles. The largest absolute Gasteiger partial charge is 0.454 e. The van der Waals surface area contributed by atoms with Crippen LogP contribution in [0.25, 0.3) is 0 Å². The Balaban J connectivity index is 1.31. The molecule has 2 aromatic carbocycles. The first kappa shape index (κ1) is 20.0. The van der Waals surface area contributed by atoms with Crippen LogP contribution in [-0.2, 0) is 11.2 Å². The number of nitrogens with zero attached hydrogens (tertiary/aromatic N) is 2. The smallest absolute Gasteiger partial charge is 0.257 e. The number of rotatable bonds is 4. The molecular weight excluding hydrogens is 428 g/mol. The second kappa shape index (κ2) is 8.32. The molecule has 5 rings (SSSR count). The van der Waals surface area contributed by atoms with Crippen molar-refractivity contribution < 1.29 is 19.1 Å². The summed E-state index contributed by atoms with van der Waals surface area (Å²) >= 11 is 1.40. The van der Waals surface area contributed by atoms with E-state index in [4.69, 9.17) is 14.7 Å². The molecule has 1 aliphatic heterocycles. The molecule has 1 aliphatic carbocycles. The molecule has 2 amide bonds. The van der Waals surface area contributed by atoms with E-state index in [0.717, 1.165) is 17.7 Å². The molecule has 3 aromatic rings. The van der Waals surface area contributed by atoms with Crippen LogP contribution in [0.3, 0.4) is 0 Å². The lowest BCUT2D eigenvalue weighted by Gasteiger charge is -2.20. The number of thiazole rings is 1. The molecule has 0 radical (unpaired) electrons. The van der Waals surface area contributed by atoms with Crippen molar-refractivity contribution in [3.63, 3.8) is 0 Å². The van der Waals surface area contributed by atoms with Crippen LogP contribution in [0.2, 0.25) is 0 Å². The van der Waals surface area contributed by atoms with Gasteiger partial charge in [-0.05, 0) is 61.7 Å². The number of carbonyl (C=O) groups is 2. The van der Waals surface area contributed by atoms with Gasteiger partial charge < -0.3 is 14.8 Å². The maximum Gasteiger partial charge on any atom is 0.257 e. The lowest BCUT2D eigenvalue weighted by atomic mass is 9.90. The minimum Gasteiger partial charge on any atom is -0.454 e. The second-order valence-electron chi connectivity index (χ2n) is 7.47. The highest BCUT2D eigenvalue weighted by molar-refractivity contribution is 7.16. The SMILES string of the molecule is N#Cc1ccc(NC(=O)C2CCCc3sc(NC(=O)c4ccc5c(c4)OCO5)nc32)cc1. The Kier molecular flexibility index (Phi) is 5.21. The van der Waals surface area contributed by atoms with E-state index >= 15 is 0 Å². The van der Waals surface area contributed by atoms with Crippen molar-refractivity contribution >= 4 is 34.0 Å². The third-order valence-electron chi connectivity index (χ3n) is 5.41. The summed E-state index contributed by atoms with van der Waals surface area (Å²) in [5, 5.41) is 15.1. The lowest BCUT2D eigenvalue weighted by molar-refractivity contribution is -0.117. The van der Waals surface area contributed by atoms with Crippen LogP contribution in [0, 0.1) is 11.3 Å². The Labute approximate surface area is 187 Å². The molecule has 160 valence electrons. The monoisotopic (exact) mass is 446 g/mol. The zero-order chi connectivity index (χ0) is 22.1.